The molecule has 0 atom stereocenters. The van der Waals surface area contributed by atoms with Crippen LogP contribution >= 0.6 is 39.9 Å². The second-order valence-electron chi connectivity index (χ2n) is 6.27. The highest BCUT2D eigenvalue weighted by atomic mass is 127. The Bertz CT molecular complexity index is 989. The van der Waals surface area contributed by atoms with Gasteiger partial charge >= 0.3 is 0 Å². The zero-order chi connectivity index (χ0) is 18.6. The Balaban J connectivity index is 0.00000225. The van der Waals surface area contributed by atoms with Gasteiger partial charge in [0, 0.05) is 37.2 Å². The molecule has 0 aliphatic carbocycles. The molecule has 1 aromatic heterocycles. The van der Waals surface area contributed by atoms with E-state index in [1.807, 2.05) is 18.2 Å². The van der Waals surface area contributed by atoms with Gasteiger partial charge in [0.25, 0.3) is 0 Å². The first-order valence-electron chi connectivity index (χ1n) is 8.82. The van der Waals surface area contributed by atoms with Gasteiger partial charge < -0.3 is 25.1 Å². The SMILES string of the molecule is CN=C(NCCc1c[nH]c2ccccc12)NCc1cc(Br)c2c(c1)OCO2.I. The summed E-state index contributed by atoms with van der Waals surface area (Å²) in [4.78, 5) is 7.61. The number of aliphatic imine (C=N–C) groups is 1. The summed E-state index contributed by atoms with van der Waals surface area (Å²) in [7, 11) is 1.77. The number of para-hydroxylation sites is 1. The Morgan fingerprint density at radius 2 is 2.07 bits per heavy atom. The minimum absolute atomic E-state index is 0. The molecule has 148 valence electrons. The molecule has 3 N–H and O–H groups in total. The molecule has 8 heteroatoms. The highest BCUT2D eigenvalue weighted by molar-refractivity contribution is 14.0. The molecule has 0 saturated carbocycles. The number of nitrogens with one attached hydrogen (secondary N) is 3. The van der Waals surface area contributed by atoms with Crippen molar-refractivity contribution in [3.05, 3.63) is 58.2 Å². The molecule has 2 heterocycles. The Morgan fingerprint density at radius 3 is 2.93 bits per heavy atom. The quantitative estimate of drug-likeness (QED) is 0.250. The van der Waals surface area contributed by atoms with E-state index in [0.717, 1.165) is 40.5 Å². The van der Waals surface area contributed by atoms with Crippen LogP contribution in [0.3, 0.4) is 0 Å². The zero-order valence-electron chi connectivity index (χ0n) is 15.4. The minimum Gasteiger partial charge on any atom is -0.454 e. The van der Waals surface area contributed by atoms with Gasteiger partial charge in [0.05, 0.1) is 4.47 Å². The van der Waals surface area contributed by atoms with Crippen molar-refractivity contribution in [3.63, 3.8) is 0 Å². The van der Waals surface area contributed by atoms with E-state index in [2.05, 4.69) is 60.9 Å². The molecule has 4 rings (SSSR count). The fraction of sp³-hybridized carbons (Fsp3) is 0.250. The van der Waals surface area contributed by atoms with E-state index in [1.54, 1.807) is 7.05 Å². The summed E-state index contributed by atoms with van der Waals surface area (Å²) >= 11 is 3.52. The third-order valence-corrected chi connectivity index (χ3v) is 5.12. The number of fused-ring (bicyclic) bond motifs is 2. The standard InChI is InChI=1S/C20H21BrN4O2.HI/c1-22-20(23-7-6-14-11-24-17-5-3-2-4-15(14)17)25-10-13-8-16(21)19-18(9-13)26-12-27-19;/h2-5,8-9,11,24H,6-7,10,12H2,1H3,(H2,22,23,25);1H. The van der Waals surface area contributed by atoms with E-state index in [0.29, 0.717) is 6.54 Å². The molecule has 2 aromatic carbocycles. The molecular weight excluding hydrogens is 535 g/mol. The molecule has 0 amide bonds. The summed E-state index contributed by atoms with van der Waals surface area (Å²) < 4.78 is 11.8. The van der Waals surface area contributed by atoms with Crippen molar-refractivity contribution in [3.8, 4) is 11.5 Å². The first-order chi connectivity index (χ1) is 13.2. The normalized spacial score (nSPS) is 12.7. The molecule has 3 aromatic rings. The summed E-state index contributed by atoms with van der Waals surface area (Å²) in [5.74, 6) is 2.30. The molecule has 6 nitrogen and oxygen atoms in total. The lowest BCUT2D eigenvalue weighted by molar-refractivity contribution is 0.173. The van der Waals surface area contributed by atoms with Crippen molar-refractivity contribution in [2.45, 2.75) is 13.0 Å². The third-order valence-electron chi connectivity index (χ3n) is 4.53. The second-order valence-corrected chi connectivity index (χ2v) is 7.13. The molecule has 0 radical (unpaired) electrons. The number of benzene rings is 2. The first kappa shape index (κ1) is 20.8. The molecule has 28 heavy (non-hydrogen) atoms. The van der Waals surface area contributed by atoms with Gasteiger partial charge in [-0.3, -0.25) is 4.99 Å². The van der Waals surface area contributed by atoms with Crippen LogP contribution in [0.2, 0.25) is 0 Å². The van der Waals surface area contributed by atoms with Gasteiger partial charge in [-0.05, 0) is 51.7 Å². The molecule has 0 saturated heterocycles. The van der Waals surface area contributed by atoms with Gasteiger partial charge in [0.2, 0.25) is 6.79 Å². The Morgan fingerprint density at radius 1 is 1.21 bits per heavy atom. The fourth-order valence-electron chi connectivity index (χ4n) is 3.18. The van der Waals surface area contributed by atoms with E-state index in [1.165, 1.54) is 16.5 Å². The maximum absolute atomic E-state index is 5.47. The number of hydrogen-bond acceptors (Lipinski definition) is 3. The van der Waals surface area contributed by atoms with E-state index in [4.69, 9.17) is 9.47 Å². The number of aromatic amines is 1. The van der Waals surface area contributed by atoms with Gasteiger partial charge in [0.15, 0.2) is 17.5 Å². The van der Waals surface area contributed by atoms with E-state index in [-0.39, 0.29) is 30.8 Å². The number of nitrogens with zero attached hydrogens (tertiary/aromatic N) is 1. The number of guanidine groups is 1. The summed E-state index contributed by atoms with van der Waals surface area (Å²) in [5.41, 5.74) is 3.56. The molecule has 0 spiro atoms. The predicted molar refractivity (Wildman–Crippen MR) is 126 cm³/mol. The van der Waals surface area contributed by atoms with Crippen molar-refractivity contribution in [2.24, 2.45) is 4.99 Å². The van der Waals surface area contributed by atoms with Gasteiger partial charge in [-0.25, -0.2) is 0 Å². The Hall–Kier alpha value is -1.94. The van der Waals surface area contributed by atoms with E-state index in [9.17, 15) is 0 Å². The smallest absolute Gasteiger partial charge is 0.231 e. The summed E-state index contributed by atoms with van der Waals surface area (Å²) in [6.07, 6.45) is 2.99. The van der Waals surface area contributed by atoms with E-state index >= 15 is 0 Å². The van der Waals surface area contributed by atoms with Crippen LogP contribution in [-0.2, 0) is 13.0 Å². The first-order valence-corrected chi connectivity index (χ1v) is 9.61. The molecular formula is C20H22BrIN4O2. The monoisotopic (exact) mass is 556 g/mol. The number of rotatable bonds is 5. The topological polar surface area (TPSA) is 70.7 Å². The minimum atomic E-state index is 0. The highest BCUT2D eigenvalue weighted by Crippen LogP contribution is 2.39. The van der Waals surface area contributed by atoms with Crippen molar-refractivity contribution < 1.29 is 9.47 Å². The summed E-state index contributed by atoms with van der Waals surface area (Å²) in [5, 5.41) is 7.97. The van der Waals surface area contributed by atoms with Crippen molar-refractivity contribution in [2.75, 3.05) is 20.4 Å². The average Bonchev–Trinajstić information content (AvgIpc) is 3.32. The maximum atomic E-state index is 5.47. The van der Waals surface area contributed by atoms with Crippen LogP contribution in [0.15, 0.2) is 52.1 Å². The van der Waals surface area contributed by atoms with Gasteiger partial charge in [-0.2, -0.15) is 0 Å². The average molecular weight is 557 g/mol. The van der Waals surface area contributed by atoms with Crippen molar-refractivity contribution in [1.82, 2.24) is 15.6 Å². The fourth-order valence-corrected chi connectivity index (χ4v) is 3.79. The maximum Gasteiger partial charge on any atom is 0.231 e. The van der Waals surface area contributed by atoms with Crippen LogP contribution in [0.25, 0.3) is 10.9 Å². The Labute approximate surface area is 189 Å². The number of H-pyrrole nitrogens is 1. The lowest BCUT2D eigenvalue weighted by atomic mass is 10.1. The number of ether oxygens (including phenoxy) is 2. The number of halogens is 2. The molecule has 0 bridgehead atoms. The zero-order valence-corrected chi connectivity index (χ0v) is 19.3. The van der Waals surface area contributed by atoms with Gasteiger partial charge in [0.1, 0.15) is 0 Å². The lowest BCUT2D eigenvalue weighted by Gasteiger charge is -2.12. The van der Waals surface area contributed by atoms with Gasteiger partial charge in [-0.1, -0.05) is 18.2 Å². The van der Waals surface area contributed by atoms with Crippen molar-refractivity contribution >= 4 is 56.8 Å². The lowest BCUT2D eigenvalue weighted by Crippen LogP contribution is -2.37. The summed E-state index contributed by atoms with van der Waals surface area (Å²) in [6, 6.07) is 12.4. The summed E-state index contributed by atoms with van der Waals surface area (Å²) in [6.45, 7) is 1.70. The number of aromatic nitrogens is 1. The molecule has 0 unspecified atom stereocenters. The largest absolute Gasteiger partial charge is 0.454 e. The van der Waals surface area contributed by atoms with Crippen LogP contribution in [-0.4, -0.2) is 31.3 Å². The van der Waals surface area contributed by atoms with Crippen LogP contribution in [0.1, 0.15) is 11.1 Å². The number of hydrogen-bond donors (Lipinski definition) is 3. The third kappa shape index (κ3) is 4.54. The van der Waals surface area contributed by atoms with Crippen LogP contribution < -0.4 is 20.1 Å². The molecule has 0 fully saturated rings. The van der Waals surface area contributed by atoms with Crippen LogP contribution in [0.4, 0.5) is 0 Å². The van der Waals surface area contributed by atoms with E-state index < -0.39 is 0 Å². The molecule has 1 aliphatic heterocycles. The van der Waals surface area contributed by atoms with Gasteiger partial charge in [-0.15, -0.1) is 24.0 Å². The predicted octanol–water partition coefficient (Wildman–Crippen LogP) is 4.18. The van der Waals surface area contributed by atoms with Crippen LogP contribution in [0.5, 0.6) is 11.5 Å². The van der Waals surface area contributed by atoms with Crippen LogP contribution in [0, 0.1) is 0 Å². The van der Waals surface area contributed by atoms with Crippen molar-refractivity contribution in [1.29, 1.82) is 0 Å². The second kappa shape index (κ2) is 9.51. The Kier molecular flexibility index (Phi) is 7.06. The highest BCUT2D eigenvalue weighted by Gasteiger charge is 2.17. The molecule has 1 aliphatic rings.